The van der Waals surface area contributed by atoms with Gasteiger partial charge in [-0.3, -0.25) is 4.79 Å². The Labute approximate surface area is 79.3 Å². The van der Waals surface area contributed by atoms with Gasteiger partial charge in [0.2, 0.25) is 0 Å². The highest BCUT2D eigenvalue weighted by Gasteiger charge is 2.61. The summed E-state index contributed by atoms with van der Waals surface area (Å²) in [6.07, 6.45) is 2.91. The summed E-state index contributed by atoms with van der Waals surface area (Å²) >= 11 is 0. The van der Waals surface area contributed by atoms with Gasteiger partial charge in [0.05, 0.1) is 5.41 Å². The number of rotatable bonds is 5. The Morgan fingerprint density at radius 2 is 2.15 bits per heavy atom. The zero-order valence-electron chi connectivity index (χ0n) is 8.42. The van der Waals surface area contributed by atoms with E-state index in [1.165, 1.54) is 0 Å². The largest absolute Gasteiger partial charge is 0.481 e. The van der Waals surface area contributed by atoms with Crippen LogP contribution >= 0.6 is 0 Å². The maximum absolute atomic E-state index is 11.0. The molecule has 3 N–H and O–H groups in total. The van der Waals surface area contributed by atoms with Gasteiger partial charge in [-0.15, -0.1) is 0 Å². The van der Waals surface area contributed by atoms with Crippen LogP contribution in [0.5, 0.6) is 0 Å². The summed E-state index contributed by atoms with van der Waals surface area (Å²) in [5.41, 5.74) is 4.95. The van der Waals surface area contributed by atoms with Crippen molar-refractivity contribution in [1.29, 1.82) is 0 Å². The van der Waals surface area contributed by atoms with E-state index < -0.39 is 11.4 Å². The Hall–Kier alpha value is -0.570. The molecule has 2 atom stereocenters. The SMILES string of the molecule is CCC(CC)[C@H]1C[C@]1(CN)C(=O)O. The van der Waals surface area contributed by atoms with Gasteiger partial charge in [-0.1, -0.05) is 26.7 Å². The van der Waals surface area contributed by atoms with Crippen LogP contribution in [0.15, 0.2) is 0 Å². The Morgan fingerprint density at radius 1 is 1.62 bits per heavy atom. The third-order valence-electron chi connectivity index (χ3n) is 3.54. The molecule has 13 heavy (non-hydrogen) atoms. The van der Waals surface area contributed by atoms with Gasteiger partial charge in [0.1, 0.15) is 0 Å². The molecule has 3 heteroatoms. The molecule has 76 valence electrons. The van der Waals surface area contributed by atoms with Crippen LogP contribution in [0.3, 0.4) is 0 Å². The molecule has 0 bridgehead atoms. The van der Waals surface area contributed by atoms with E-state index in [1.54, 1.807) is 0 Å². The van der Waals surface area contributed by atoms with Crippen LogP contribution < -0.4 is 5.73 Å². The average molecular weight is 185 g/mol. The molecule has 0 aromatic rings. The normalized spacial score (nSPS) is 32.2. The van der Waals surface area contributed by atoms with Gasteiger partial charge in [0, 0.05) is 6.54 Å². The van der Waals surface area contributed by atoms with Crippen LogP contribution in [0, 0.1) is 17.3 Å². The smallest absolute Gasteiger partial charge is 0.311 e. The second-order valence-corrected chi connectivity index (χ2v) is 4.05. The van der Waals surface area contributed by atoms with Crippen molar-refractivity contribution < 1.29 is 9.90 Å². The molecular weight excluding hydrogens is 166 g/mol. The minimum atomic E-state index is -0.702. The number of hydrogen-bond acceptors (Lipinski definition) is 2. The topological polar surface area (TPSA) is 63.3 Å². The number of carbonyl (C=O) groups is 1. The van der Waals surface area contributed by atoms with E-state index >= 15 is 0 Å². The van der Waals surface area contributed by atoms with E-state index in [9.17, 15) is 4.79 Å². The quantitative estimate of drug-likeness (QED) is 0.681. The first kappa shape index (κ1) is 10.5. The van der Waals surface area contributed by atoms with Crippen molar-refractivity contribution in [2.45, 2.75) is 33.1 Å². The van der Waals surface area contributed by atoms with Gasteiger partial charge in [-0.2, -0.15) is 0 Å². The van der Waals surface area contributed by atoms with E-state index in [2.05, 4.69) is 13.8 Å². The molecule has 1 fully saturated rings. The molecule has 1 rings (SSSR count). The van der Waals surface area contributed by atoms with Gasteiger partial charge in [0.15, 0.2) is 0 Å². The zero-order valence-corrected chi connectivity index (χ0v) is 8.42. The van der Waals surface area contributed by atoms with Crippen LogP contribution in [0.25, 0.3) is 0 Å². The lowest BCUT2D eigenvalue weighted by atomic mass is 9.91. The summed E-state index contributed by atoms with van der Waals surface area (Å²) in [4.78, 5) is 11.0. The summed E-state index contributed by atoms with van der Waals surface area (Å²) in [7, 11) is 0. The van der Waals surface area contributed by atoms with Gasteiger partial charge in [-0.25, -0.2) is 0 Å². The molecule has 0 unspecified atom stereocenters. The highest BCUT2D eigenvalue weighted by molar-refractivity contribution is 5.79. The van der Waals surface area contributed by atoms with Gasteiger partial charge >= 0.3 is 5.97 Å². The second kappa shape index (κ2) is 3.66. The number of nitrogens with two attached hydrogens (primary N) is 1. The fourth-order valence-corrected chi connectivity index (χ4v) is 2.38. The summed E-state index contributed by atoms with van der Waals surface area (Å²) in [5.74, 6) is 0.163. The van der Waals surface area contributed by atoms with Crippen molar-refractivity contribution in [2.75, 3.05) is 6.54 Å². The number of hydrogen-bond donors (Lipinski definition) is 2. The molecule has 0 amide bonds. The third kappa shape index (κ3) is 1.57. The molecule has 1 saturated carbocycles. The van der Waals surface area contributed by atoms with Crippen LogP contribution in [0.2, 0.25) is 0 Å². The first-order chi connectivity index (χ1) is 6.12. The Bertz CT molecular complexity index is 201. The van der Waals surface area contributed by atoms with Crippen molar-refractivity contribution in [3.05, 3.63) is 0 Å². The number of carboxylic acid groups (broad SMARTS) is 1. The molecule has 0 heterocycles. The Morgan fingerprint density at radius 3 is 2.38 bits per heavy atom. The first-order valence-electron chi connectivity index (χ1n) is 5.05. The summed E-state index contributed by atoms with van der Waals surface area (Å²) < 4.78 is 0. The molecule has 1 aliphatic carbocycles. The van der Waals surface area contributed by atoms with E-state index in [-0.39, 0.29) is 0 Å². The lowest BCUT2D eigenvalue weighted by Crippen LogP contribution is -2.28. The Kier molecular flexibility index (Phi) is 2.96. The first-order valence-corrected chi connectivity index (χ1v) is 5.05. The van der Waals surface area contributed by atoms with Crippen molar-refractivity contribution in [3.8, 4) is 0 Å². The van der Waals surface area contributed by atoms with E-state index in [0.717, 1.165) is 19.3 Å². The number of carboxylic acids is 1. The van der Waals surface area contributed by atoms with E-state index in [1.807, 2.05) is 0 Å². The predicted octanol–water partition coefficient (Wildman–Crippen LogP) is 1.47. The maximum Gasteiger partial charge on any atom is 0.311 e. The zero-order chi connectivity index (χ0) is 10.1. The third-order valence-corrected chi connectivity index (χ3v) is 3.54. The van der Waals surface area contributed by atoms with Gasteiger partial charge < -0.3 is 10.8 Å². The summed E-state index contributed by atoms with van der Waals surface area (Å²) in [6, 6.07) is 0. The standard InChI is InChI=1S/C10H19NO2/c1-3-7(4-2)8-5-10(8,6-11)9(12)13/h7-8H,3-6,11H2,1-2H3,(H,12,13)/t8-,10-/m1/s1. The average Bonchev–Trinajstić information content (AvgIpc) is 2.83. The minimum absolute atomic E-state index is 0.295. The Balaban J connectivity index is 2.63. The molecule has 0 spiro atoms. The van der Waals surface area contributed by atoms with Crippen molar-refractivity contribution in [1.82, 2.24) is 0 Å². The van der Waals surface area contributed by atoms with Crippen LogP contribution in [-0.2, 0) is 4.79 Å². The molecule has 0 radical (unpaired) electrons. The highest BCUT2D eigenvalue weighted by atomic mass is 16.4. The minimum Gasteiger partial charge on any atom is -0.481 e. The van der Waals surface area contributed by atoms with Crippen LogP contribution in [0.1, 0.15) is 33.1 Å². The molecular formula is C10H19NO2. The second-order valence-electron chi connectivity index (χ2n) is 4.05. The molecule has 0 saturated heterocycles. The molecule has 3 nitrogen and oxygen atoms in total. The van der Waals surface area contributed by atoms with Gasteiger partial charge in [0.25, 0.3) is 0 Å². The summed E-state index contributed by atoms with van der Waals surface area (Å²) in [6.45, 7) is 4.54. The van der Waals surface area contributed by atoms with Crippen LogP contribution in [-0.4, -0.2) is 17.6 Å². The fraction of sp³-hybridized carbons (Fsp3) is 0.900. The molecule has 0 aromatic carbocycles. The van der Waals surface area contributed by atoms with Crippen LogP contribution in [0.4, 0.5) is 0 Å². The van der Waals surface area contributed by atoms with Crippen molar-refractivity contribution >= 4 is 5.97 Å². The van der Waals surface area contributed by atoms with E-state index in [4.69, 9.17) is 10.8 Å². The van der Waals surface area contributed by atoms with Crippen molar-refractivity contribution in [2.24, 2.45) is 23.0 Å². The highest BCUT2D eigenvalue weighted by Crippen LogP contribution is 2.57. The predicted molar refractivity (Wildman–Crippen MR) is 51.3 cm³/mol. The van der Waals surface area contributed by atoms with E-state index in [0.29, 0.717) is 18.4 Å². The van der Waals surface area contributed by atoms with Gasteiger partial charge in [-0.05, 0) is 18.3 Å². The lowest BCUT2D eigenvalue weighted by Gasteiger charge is -2.15. The lowest BCUT2D eigenvalue weighted by molar-refractivity contribution is -0.143. The fourth-order valence-electron chi connectivity index (χ4n) is 2.38. The molecule has 0 aliphatic heterocycles. The van der Waals surface area contributed by atoms with Crippen molar-refractivity contribution in [3.63, 3.8) is 0 Å². The summed E-state index contributed by atoms with van der Waals surface area (Å²) in [5, 5.41) is 9.03. The molecule has 1 aliphatic rings. The monoisotopic (exact) mass is 185 g/mol. The number of aliphatic carboxylic acids is 1. The molecule has 0 aromatic heterocycles. The maximum atomic E-state index is 11.0.